The maximum absolute atomic E-state index is 5.88. The van der Waals surface area contributed by atoms with Crippen LogP contribution in [-0.4, -0.2) is 53.2 Å². The van der Waals surface area contributed by atoms with Crippen LogP contribution in [-0.2, 0) is 13.3 Å². The summed E-state index contributed by atoms with van der Waals surface area (Å²) in [6.45, 7) is 11.8. The zero-order valence-electron chi connectivity index (χ0n) is 13.0. The highest BCUT2D eigenvalue weighted by Crippen LogP contribution is 2.19. The number of rotatable bonds is 10. The molecule has 0 spiro atoms. The van der Waals surface area contributed by atoms with Crippen LogP contribution in [0.2, 0.25) is 6.04 Å². The molecule has 1 fully saturated rings. The molecule has 0 aromatic carbocycles. The van der Waals surface area contributed by atoms with Crippen molar-refractivity contribution in [1.29, 1.82) is 0 Å². The zero-order chi connectivity index (χ0) is 14.0. The quantitative estimate of drug-likeness (QED) is 0.579. The first-order valence-corrected chi connectivity index (χ1v) is 9.83. The summed E-state index contributed by atoms with van der Waals surface area (Å²) >= 11 is 0. The van der Waals surface area contributed by atoms with Gasteiger partial charge in [0.15, 0.2) is 0 Å². The van der Waals surface area contributed by atoms with Gasteiger partial charge in [-0.25, -0.2) is 0 Å². The lowest BCUT2D eigenvalue weighted by Gasteiger charge is -2.30. The lowest BCUT2D eigenvalue weighted by atomic mass is 10.1. The molecule has 0 unspecified atom stereocenters. The van der Waals surface area contributed by atoms with Crippen molar-refractivity contribution >= 4 is 8.80 Å². The van der Waals surface area contributed by atoms with Crippen molar-refractivity contribution in [1.82, 2.24) is 4.90 Å². The summed E-state index contributed by atoms with van der Waals surface area (Å²) in [5, 5.41) is 0. The highest BCUT2D eigenvalue weighted by atomic mass is 28.4. The summed E-state index contributed by atoms with van der Waals surface area (Å²) in [6.07, 6.45) is 5.22. The van der Waals surface area contributed by atoms with Gasteiger partial charge in [0.25, 0.3) is 0 Å². The Morgan fingerprint density at radius 2 is 1.37 bits per heavy atom. The highest BCUT2D eigenvalue weighted by Gasteiger charge is 2.39. The molecular weight excluding hydrogens is 258 g/mol. The maximum atomic E-state index is 5.88. The van der Waals surface area contributed by atoms with E-state index in [1.54, 1.807) is 0 Å². The normalized spacial score (nSPS) is 17.8. The zero-order valence-corrected chi connectivity index (χ0v) is 14.0. The van der Waals surface area contributed by atoms with E-state index in [-0.39, 0.29) is 0 Å². The molecule has 19 heavy (non-hydrogen) atoms. The first kappa shape index (κ1) is 17.1. The molecule has 1 rings (SSSR count). The summed E-state index contributed by atoms with van der Waals surface area (Å²) in [5.74, 6) is 0. The molecule has 4 nitrogen and oxygen atoms in total. The van der Waals surface area contributed by atoms with E-state index in [1.165, 1.54) is 32.4 Å². The van der Waals surface area contributed by atoms with Gasteiger partial charge in [0.2, 0.25) is 0 Å². The van der Waals surface area contributed by atoms with Crippen LogP contribution < -0.4 is 0 Å². The second-order valence-corrected chi connectivity index (χ2v) is 7.72. The maximum Gasteiger partial charge on any atom is 0.500 e. The third-order valence-corrected chi connectivity index (χ3v) is 6.65. The van der Waals surface area contributed by atoms with Crippen molar-refractivity contribution in [2.45, 2.75) is 52.5 Å². The van der Waals surface area contributed by atoms with E-state index in [9.17, 15) is 0 Å². The summed E-state index contributed by atoms with van der Waals surface area (Å²) in [7, 11) is -2.41. The van der Waals surface area contributed by atoms with E-state index in [0.717, 1.165) is 19.0 Å². The Morgan fingerprint density at radius 3 is 1.84 bits per heavy atom. The Bertz CT molecular complexity index is 206. The van der Waals surface area contributed by atoms with Gasteiger partial charge in [0, 0.05) is 25.9 Å². The first-order valence-electron chi connectivity index (χ1n) is 7.90. The van der Waals surface area contributed by atoms with E-state index in [0.29, 0.717) is 19.8 Å². The average Bonchev–Trinajstić information content (AvgIpc) is 2.41. The number of hydrogen-bond acceptors (Lipinski definition) is 4. The summed E-state index contributed by atoms with van der Waals surface area (Å²) < 4.78 is 17.6. The van der Waals surface area contributed by atoms with Crippen LogP contribution in [0.4, 0.5) is 0 Å². The highest BCUT2D eigenvalue weighted by molar-refractivity contribution is 6.60. The molecule has 1 saturated heterocycles. The Balaban J connectivity index is 2.36. The fourth-order valence-electron chi connectivity index (χ4n) is 2.70. The van der Waals surface area contributed by atoms with E-state index < -0.39 is 8.80 Å². The molecular formula is C14H31NO3Si. The smallest absolute Gasteiger partial charge is 0.374 e. The van der Waals surface area contributed by atoms with Crippen LogP contribution in [0.15, 0.2) is 0 Å². The summed E-state index contributed by atoms with van der Waals surface area (Å²) in [6, 6.07) is 0.943. The van der Waals surface area contributed by atoms with Gasteiger partial charge in [-0.2, -0.15) is 0 Å². The number of likely N-dealkylation sites (tertiary alicyclic amines) is 1. The standard InChI is InChI=1S/C14H31NO3Si/c1-4-16-19(17-5-2,18-6-3)14-10-13-15-11-8-7-9-12-15/h4-14H2,1-3H3. The van der Waals surface area contributed by atoms with Crippen molar-refractivity contribution in [2.75, 3.05) is 39.5 Å². The molecule has 1 heterocycles. The third-order valence-electron chi connectivity index (χ3n) is 3.50. The van der Waals surface area contributed by atoms with E-state index >= 15 is 0 Å². The van der Waals surface area contributed by atoms with Crippen LogP contribution >= 0.6 is 0 Å². The first-order chi connectivity index (χ1) is 9.26. The lowest BCUT2D eigenvalue weighted by molar-refractivity contribution is 0.0696. The minimum atomic E-state index is -2.41. The second kappa shape index (κ2) is 9.88. The Morgan fingerprint density at radius 1 is 0.842 bits per heavy atom. The topological polar surface area (TPSA) is 30.9 Å². The van der Waals surface area contributed by atoms with E-state index in [4.69, 9.17) is 13.3 Å². The number of hydrogen-bond donors (Lipinski definition) is 0. The van der Waals surface area contributed by atoms with Crippen molar-refractivity contribution < 1.29 is 13.3 Å². The van der Waals surface area contributed by atoms with Crippen LogP contribution in [0.3, 0.4) is 0 Å². The molecule has 0 saturated carbocycles. The molecule has 0 atom stereocenters. The molecule has 0 aromatic rings. The van der Waals surface area contributed by atoms with Gasteiger partial charge in [-0.15, -0.1) is 0 Å². The van der Waals surface area contributed by atoms with E-state index in [1.807, 2.05) is 20.8 Å². The lowest BCUT2D eigenvalue weighted by Crippen LogP contribution is -2.46. The Labute approximate surface area is 119 Å². The van der Waals surface area contributed by atoms with Gasteiger partial charge in [-0.1, -0.05) is 6.42 Å². The molecule has 0 aliphatic carbocycles. The van der Waals surface area contributed by atoms with Crippen molar-refractivity contribution in [3.63, 3.8) is 0 Å². The fraction of sp³-hybridized carbons (Fsp3) is 1.00. The molecule has 0 bridgehead atoms. The van der Waals surface area contributed by atoms with Gasteiger partial charge in [0.1, 0.15) is 0 Å². The van der Waals surface area contributed by atoms with Gasteiger partial charge >= 0.3 is 8.80 Å². The van der Waals surface area contributed by atoms with Gasteiger partial charge in [0.05, 0.1) is 0 Å². The van der Waals surface area contributed by atoms with Gasteiger partial charge in [-0.3, -0.25) is 0 Å². The second-order valence-electron chi connectivity index (χ2n) is 4.99. The fourth-order valence-corrected chi connectivity index (χ4v) is 5.30. The average molecular weight is 289 g/mol. The minimum Gasteiger partial charge on any atom is -0.374 e. The molecule has 0 radical (unpaired) electrons. The molecule has 0 N–H and O–H groups in total. The Kier molecular flexibility index (Phi) is 8.90. The van der Waals surface area contributed by atoms with Crippen LogP contribution in [0.1, 0.15) is 46.5 Å². The predicted octanol–water partition coefficient (Wildman–Crippen LogP) is 2.91. The molecule has 114 valence electrons. The van der Waals surface area contributed by atoms with Crippen LogP contribution in [0.5, 0.6) is 0 Å². The number of piperidine rings is 1. The van der Waals surface area contributed by atoms with Crippen molar-refractivity contribution in [3.05, 3.63) is 0 Å². The third kappa shape index (κ3) is 6.36. The van der Waals surface area contributed by atoms with E-state index in [2.05, 4.69) is 4.90 Å². The van der Waals surface area contributed by atoms with Crippen LogP contribution in [0, 0.1) is 0 Å². The molecule has 0 amide bonds. The van der Waals surface area contributed by atoms with Gasteiger partial charge < -0.3 is 18.2 Å². The number of nitrogens with zero attached hydrogens (tertiary/aromatic N) is 1. The minimum absolute atomic E-state index is 0.677. The molecule has 1 aliphatic heterocycles. The summed E-state index contributed by atoms with van der Waals surface area (Å²) in [4.78, 5) is 2.56. The SMILES string of the molecule is CCO[Si](CCCN1CCCCC1)(OCC)OCC. The molecule has 1 aliphatic rings. The van der Waals surface area contributed by atoms with Crippen molar-refractivity contribution in [2.24, 2.45) is 0 Å². The Hall–Kier alpha value is 0.0569. The monoisotopic (exact) mass is 289 g/mol. The predicted molar refractivity (Wildman–Crippen MR) is 80.3 cm³/mol. The molecule has 5 heteroatoms. The van der Waals surface area contributed by atoms with Crippen LogP contribution in [0.25, 0.3) is 0 Å². The molecule has 0 aromatic heterocycles. The summed E-state index contributed by atoms with van der Waals surface area (Å²) in [5.41, 5.74) is 0. The van der Waals surface area contributed by atoms with Crippen molar-refractivity contribution in [3.8, 4) is 0 Å². The largest absolute Gasteiger partial charge is 0.500 e. The van der Waals surface area contributed by atoms with Gasteiger partial charge in [-0.05, 0) is 59.7 Å².